The van der Waals surface area contributed by atoms with Crippen LogP contribution >= 0.6 is 0 Å². The lowest BCUT2D eigenvalue weighted by Crippen LogP contribution is -2.43. The van der Waals surface area contributed by atoms with Crippen molar-refractivity contribution < 1.29 is 22.8 Å². The molecule has 4 atom stereocenters. The zero-order chi connectivity index (χ0) is 20.0. The molecule has 2 aliphatic heterocycles. The fraction of sp³-hybridized carbons (Fsp3) is 0.526. The molecule has 28 heavy (non-hydrogen) atoms. The number of carbonyl (C=O) groups excluding carboxylic acids is 2. The molecule has 0 bridgehead atoms. The van der Waals surface area contributed by atoms with E-state index in [2.05, 4.69) is 5.32 Å². The number of nitrogens with one attached hydrogen (secondary N) is 1. The summed E-state index contributed by atoms with van der Waals surface area (Å²) in [6.07, 6.45) is -1.13. The van der Waals surface area contributed by atoms with E-state index in [1.807, 2.05) is 6.07 Å². The summed E-state index contributed by atoms with van der Waals surface area (Å²) >= 11 is 0. The Morgan fingerprint density at radius 3 is 2.43 bits per heavy atom. The first-order valence-corrected chi connectivity index (χ1v) is 9.20. The molecule has 6 nitrogen and oxygen atoms in total. The predicted molar refractivity (Wildman–Crippen MR) is 91.7 cm³/mol. The number of nitriles is 1. The summed E-state index contributed by atoms with van der Waals surface area (Å²) in [6.45, 7) is 0.658. The van der Waals surface area contributed by atoms with Crippen molar-refractivity contribution in [1.29, 1.82) is 5.26 Å². The van der Waals surface area contributed by atoms with Gasteiger partial charge in [-0.05, 0) is 24.0 Å². The Bertz CT molecular complexity index is 826. The number of carbonyl (C=O) groups is 2. The van der Waals surface area contributed by atoms with Gasteiger partial charge < -0.3 is 15.1 Å². The Morgan fingerprint density at radius 1 is 1.18 bits per heavy atom. The molecular formula is C19H19F3N4O2. The summed E-state index contributed by atoms with van der Waals surface area (Å²) in [5.74, 6) is -2.51. The predicted octanol–water partition coefficient (Wildman–Crippen LogP) is 1.09. The van der Waals surface area contributed by atoms with Crippen LogP contribution in [0.15, 0.2) is 18.2 Å². The number of likely N-dealkylation sites (tertiary alicyclic amines) is 2. The lowest BCUT2D eigenvalue weighted by molar-refractivity contribution is -0.130. The fourth-order valence-corrected chi connectivity index (χ4v) is 4.34. The molecule has 1 aromatic carbocycles. The van der Waals surface area contributed by atoms with Gasteiger partial charge in [-0.1, -0.05) is 6.07 Å². The summed E-state index contributed by atoms with van der Waals surface area (Å²) in [5, 5.41) is 12.1. The summed E-state index contributed by atoms with van der Waals surface area (Å²) in [6, 6.07) is 4.56. The van der Waals surface area contributed by atoms with Crippen LogP contribution in [0.3, 0.4) is 0 Å². The number of amides is 2. The normalized spacial score (nSPS) is 30.9. The molecule has 1 aromatic rings. The first-order chi connectivity index (χ1) is 13.4. The molecule has 2 saturated heterocycles. The molecule has 1 saturated carbocycles. The Kier molecular flexibility index (Phi) is 4.75. The highest BCUT2D eigenvalue weighted by Gasteiger charge is 2.57. The second-order valence-electron chi connectivity index (χ2n) is 7.57. The number of benzene rings is 1. The summed E-state index contributed by atoms with van der Waals surface area (Å²) < 4.78 is 41.0. The van der Waals surface area contributed by atoms with Gasteiger partial charge >= 0.3 is 0 Å². The first kappa shape index (κ1) is 18.7. The van der Waals surface area contributed by atoms with Crippen molar-refractivity contribution >= 4 is 11.8 Å². The SMILES string of the molecule is N#C[C@@H]1C[C@H](F)CN1C(=O)CNC1C2CN(C(=O)c3c(F)cccc3F)CC21. The van der Waals surface area contributed by atoms with Gasteiger partial charge in [-0.25, -0.2) is 13.2 Å². The van der Waals surface area contributed by atoms with Gasteiger partial charge in [0.2, 0.25) is 5.91 Å². The smallest absolute Gasteiger partial charge is 0.259 e. The van der Waals surface area contributed by atoms with E-state index in [9.17, 15) is 22.8 Å². The molecule has 2 amide bonds. The van der Waals surface area contributed by atoms with Gasteiger partial charge in [-0.2, -0.15) is 5.26 Å². The number of halogens is 3. The van der Waals surface area contributed by atoms with E-state index in [4.69, 9.17) is 5.26 Å². The van der Waals surface area contributed by atoms with Gasteiger partial charge in [0.15, 0.2) is 0 Å². The van der Waals surface area contributed by atoms with Gasteiger partial charge in [-0.3, -0.25) is 9.59 Å². The van der Waals surface area contributed by atoms with Crippen LogP contribution in [0.1, 0.15) is 16.8 Å². The lowest BCUT2D eigenvalue weighted by atomic mass is 10.1. The summed E-state index contributed by atoms with van der Waals surface area (Å²) in [7, 11) is 0. The third-order valence-corrected chi connectivity index (χ3v) is 5.87. The number of fused-ring (bicyclic) bond motifs is 1. The number of piperidine rings is 1. The Hall–Kier alpha value is -2.60. The number of nitrogens with zero attached hydrogens (tertiary/aromatic N) is 3. The third kappa shape index (κ3) is 3.22. The van der Waals surface area contributed by atoms with Crippen LogP contribution in [0.5, 0.6) is 0 Å². The maximum atomic E-state index is 13.8. The van der Waals surface area contributed by atoms with E-state index in [1.54, 1.807) is 0 Å². The van der Waals surface area contributed by atoms with Crippen molar-refractivity contribution in [2.45, 2.75) is 24.7 Å². The maximum absolute atomic E-state index is 13.8. The Morgan fingerprint density at radius 2 is 1.82 bits per heavy atom. The Labute approximate surface area is 159 Å². The van der Waals surface area contributed by atoms with Gasteiger partial charge in [-0.15, -0.1) is 0 Å². The van der Waals surface area contributed by atoms with Crippen LogP contribution in [-0.4, -0.2) is 66.0 Å². The van der Waals surface area contributed by atoms with E-state index in [-0.39, 0.29) is 43.3 Å². The number of hydrogen-bond donors (Lipinski definition) is 1. The molecular weight excluding hydrogens is 373 g/mol. The average molecular weight is 392 g/mol. The van der Waals surface area contributed by atoms with Crippen molar-refractivity contribution in [3.63, 3.8) is 0 Å². The van der Waals surface area contributed by atoms with E-state index in [1.165, 1.54) is 15.9 Å². The summed E-state index contributed by atoms with van der Waals surface area (Å²) in [5.41, 5.74) is -0.541. The molecule has 0 spiro atoms. The number of alkyl halides is 1. The largest absolute Gasteiger partial charge is 0.338 e. The molecule has 1 aliphatic carbocycles. The van der Waals surface area contributed by atoms with Crippen molar-refractivity contribution in [3.05, 3.63) is 35.4 Å². The van der Waals surface area contributed by atoms with Crippen molar-refractivity contribution in [3.8, 4) is 6.07 Å². The maximum Gasteiger partial charge on any atom is 0.259 e. The molecule has 9 heteroatoms. The van der Waals surface area contributed by atoms with E-state index in [0.717, 1.165) is 12.1 Å². The number of rotatable bonds is 4. The van der Waals surface area contributed by atoms with Crippen molar-refractivity contribution in [1.82, 2.24) is 15.1 Å². The van der Waals surface area contributed by atoms with Crippen LogP contribution < -0.4 is 5.32 Å². The third-order valence-electron chi connectivity index (χ3n) is 5.87. The van der Waals surface area contributed by atoms with Gasteiger partial charge in [0.25, 0.3) is 5.91 Å². The topological polar surface area (TPSA) is 76.4 Å². The quantitative estimate of drug-likeness (QED) is 0.832. The minimum Gasteiger partial charge on any atom is -0.338 e. The lowest BCUT2D eigenvalue weighted by Gasteiger charge is -2.22. The van der Waals surface area contributed by atoms with Crippen LogP contribution in [0.4, 0.5) is 13.2 Å². The molecule has 148 valence electrons. The highest BCUT2D eigenvalue weighted by Crippen LogP contribution is 2.46. The zero-order valence-corrected chi connectivity index (χ0v) is 14.9. The van der Waals surface area contributed by atoms with Gasteiger partial charge in [0.1, 0.15) is 29.4 Å². The van der Waals surface area contributed by atoms with Gasteiger partial charge in [0, 0.05) is 25.6 Å². The first-order valence-electron chi connectivity index (χ1n) is 9.20. The van der Waals surface area contributed by atoms with Crippen LogP contribution in [0.25, 0.3) is 0 Å². The molecule has 0 aromatic heterocycles. The second kappa shape index (κ2) is 7.09. The van der Waals surface area contributed by atoms with Crippen LogP contribution in [0.2, 0.25) is 0 Å². The highest BCUT2D eigenvalue weighted by molar-refractivity contribution is 5.95. The highest BCUT2D eigenvalue weighted by atomic mass is 19.1. The zero-order valence-electron chi connectivity index (χ0n) is 14.9. The standard InChI is InChI=1S/C19H19F3N4O2/c20-10-4-11(5-23)26(7-10)16(27)6-24-18-12-8-25(9-13(12)18)19(28)17-14(21)2-1-3-15(17)22/h1-3,10-13,18,24H,4,6-9H2/t10-,11-,12?,13?,18?/m0/s1. The average Bonchev–Trinajstić information content (AvgIpc) is 2.98. The van der Waals surface area contributed by atoms with E-state index >= 15 is 0 Å². The van der Waals surface area contributed by atoms with Gasteiger partial charge in [0.05, 0.1) is 19.2 Å². The molecule has 4 rings (SSSR count). The number of hydrogen-bond acceptors (Lipinski definition) is 4. The molecule has 1 N–H and O–H groups in total. The molecule has 0 radical (unpaired) electrons. The molecule has 3 fully saturated rings. The molecule has 2 heterocycles. The van der Waals surface area contributed by atoms with E-state index < -0.39 is 35.3 Å². The van der Waals surface area contributed by atoms with Crippen LogP contribution in [0, 0.1) is 34.8 Å². The van der Waals surface area contributed by atoms with Crippen molar-refractivity contribution in [2.75, 3.05) is 26.2 Å². The second-order valence-corrected chi connectivity index (χ2v) is 7.57. The molecule has 3 aliphatic rings. The minimum absolute atomic E-state index is 0.00153. The Balaban J connectivity index is 1.28. The monoisotopic (exact) mass is 392 g/mol. The summed E-state index contributed by atoms with van der Waals surface area (Å²) in [4.78, 5) is 27.3. The molecule has 2 unspecified atom stereocenters. The van der Waals surface area contributed by atoms with Crippen LogP contribution in [-0.2, 0) is 4.79 Å². The van der Waals surface area contributed by atoms with E-state index in [0.29, 0.717) is 13.1 Å². The minimum atomic E-state index is -1.17. The van der Waals surface area contributed by atoms with Crippen molar-refractivity contribution in [2.24, 2.45) is 11.8 Å². The fourth-order valence-electron chi connectivity index (χ4n) is 4.34.